The summed E-state index contributed by atoms with van der Waals surface area (Å²) in [5.41, 5.74) is 1.27. The van der Waals surface area contributed by atoms with Gasteiger partial charge in [-0.15, -0.1) is 11.8 Å². The van der Waals surface area contributed by atoms with E-state index in [0.29, 0.717) is 25.2 Å². The average molecular weight is 447 g/mol. The van der Waals surface area contributed by atoms with Crippen LogP contribution in [0, 0.1) is 0 Å². The Kier molecular flexibility index (Phi) is 6.20. The lowest BCUT2D eigenvalue weighted by Gasteiger charge is -2.34. The van der Waals surface area contributed by atoms with Crippen molar-refractivity contribution in [3.63, 3.8) is 0 Å². The number of fused-ring (bicyclic) bond motifs is 1. The third-order valence-electron chi connectivity index (χ3n) is 5.29. The van der Waals surface area contributed by atoms with Gasteiger partial charge in [0.15, 0.2) is 0 Å². The highest BCUT2D eigenvalue weighted by molar-refractivity contribution is 7.99. The van der Waals surface area contributed by atoms with Gasteiger partial charge < -0.3 is 9.64 Å². The molecule has 0 N–H and O–H groups in total. The van der Waals surface area contributed by atoms with Gasteiger partial charge in [0.1, 0.15) is 0 Å². The molecule has 0 spiro atoms. The summed E-state index contributed by atoms with van der Waals surface area (Å²) in [7, 11) is -3.70. The van der Waals surface area contributed by atoms with Crippen LogP contribution in [-0.2, 0) is 14.8 Å². The average Bonchev–Trinajstić information content (AvgIpc) is 2.95. The Morgan fingerprint density at radius 1 is 1.07 bits per heavy atom. The van der Waals surface area contributed by atoms with Crippen molar-refractivity contribution in [3.8, 4) is 0 Å². The number of thioether (sulfide) groups is 1. The second-order valence-electron chi connectivity index (χ2n) is 7.73. The van der Waals surface area contributed by atoms with Crippen LogP contribution in [0.25, 0.3) is 0 Å². The van der Waals surface area contributed by atoms with Gasteiger partial charge in [0.2, 0.25) is 10.0 Å². The Bertz CT molecular complexity index is 1030. The molecular formula is C22H26N2O4S2. The van der Waals surface area contributed by atoms with Gasteiger partial charge >= 0.3 is 0 Å². The summed E-state index contributed by atoms with van der Waals surface area (Å²) in [6.45, 7) is 4.96. The molecule has 2 atom stereocenters. The Labute approximate surface area is 182 Å². The number of rotatable bonds is 3. The molecule has 0 bridgehead atoms. The molecule has 2 aromatic carbocycles. The Morgan fingerprint density at radius 3 is 2.57 bits per heavy atom. The maximum atomic E-state index is 13.4. The van der Waals surface area contributed by atoms with Crippen LogP contribution >= 0.6 is 11.8 Å². The first kappa shape index (κ1) is 21.4. The van der Waals surface area contributed by atoms with Crippen LogP contribution in [0.4, 0.5) is 5.69 Å². The smallest absolute Gasteiger partial charge is 0.258 e. The summed E-state index contributed by atoms with van der Waals surface area (Å²) < 4.78 is 33.6. The lowest BCUT2D eigenvalue weighted by molar-refractivity contribution is -0.0440. The van der Waals surface area contributed by atoms with Crippen molar-refractivity contribution in [2.75, 3.05) is 30.3 Å². The van der Waals surface area contributed by atoms with Gasteiger partial charge in [0.25, 0.3) is 5.91 Å². The molecule has 1 amide bonds. The first-order valence-corrected chi connectivity index (χ1v) is 12.6. The largest absolute Gasteiger partial charge is 0.373 e. The Balaban J connectivity index is 1.64. The number of anilines is 1. The summed E-state index contributed by atoms with van der Waals surface area (Å²) in [6, 6.07) is 14.3. The number of hydrogen-bond acceptors (Lipinski definition) is 5. The minimum Gasteiger partial charge on any atom is -0.373 e. The number of hydrogen-bond donors (Lipinski definition) is 0. The van der Waals surface area contributed by atoms with Crippen LogP contribution in [0.1, 0.15) is 30.6 Å². The van der Waals surface area contributed by atoms with Gasteiger partial charge in [0.05, 0.1) is 22.8 Å². The summed E-state index contributed by atoms with van der Waals surface area (Å²) >= 11 is 1.74. The van der Waals surface area contributed by atoms with Gasteiger partial charge in [0, 0.05) is 30.1 Å². The number of benzene rings is 2. The standard InChI is InChI=1S/C22H26N2O4S2/c1-16-14-23(15-17(2)28-16)30(26,27)19-8-5-7-18(13-19)22(25)24-11-6-12-29-21-10-4-3-9-20(21)24/h3-5,7-10,13,16-17H,6,11-12,14-15H2,1-2H3/t16-,17-/m0/s1. The van der Waals surface area contributed by atoms with Crippen LogP contribution in [0.2, 0.25) is 0 Å². The maximum Gasteiger partial charge on any atom is 0.258 e. The Hall–Kier alpha value is -1.87. The zero-order valence-electron chi connectivity index (χ0n) is 17.2. The van der Waals surface area contributed by atoms with Crippen LogP contribution in [0.15, 0.2) is 58.3 Å². The van der Waals surface area contributed by atoms with E-state index in [2.05, 4.69) is 0 Å². The molecule has 0 aromatic heterocycles. The number of amides is 1. The molecule has 0 saturated carbocycles. The summed E-state index contributed by atoms with van der Waals surface area (Å²) in [5.74, 6) is 0.772. The molecule has 1 fully saturated rings. The topological polar surface area (TPSA) is 66.9 Å². The van der Waals surface area contributed by atoms with E-state index in [-0.39, 0.29) is 23.0 Å². The predicted molar refractivity (Wildman–Crippen MR) is 119 cm³/mol. The molecule has 2 heterocycles. The molecule has 2 aliphatic rings. The van der Waals surface area contributed by atoms with Gasteiger partial charge in [-0.1, -0.05) is 18.2 Å². The van der Waals surface area contributed by atoms with Gasteiger partial charge in [-0.05, 0) is 56.4 Å². The van der Waals surface area contributed by atoms with Crippen LogP contribution in [-0.4, -0.2) is 56.2 Å². The molecule has 2 aromatic rings. The van der Waals surface area contributed by atoms with E-state index in [1.165, 1.54) is 10.4 Å². The molecule has 0 unspecified atom stereocenters. The number of nitrogens with zero attached hydrogens (tertiary/aromatic N) is 2. The van der Waals surface area contributed by atoms with E-state index in [9.17, 15) is 13.2 Å². The highest BCUT2D eigenvalue weighted by Gasteiger charge is 2.33. The lowest BCUT2D eigenvalue weighted by atomic mass is 10.1. The first-order chi connectivity index (χ1) is 14.4. The summed E-state index contributed by atoms with van der Waals surface area (Å²) in [5, 5.41) is 0. The molecule has 8 heteroatoms. The van der Waals surface area contributed by atoms with E-state index in [1.807, 2.05) is 38.1 Å². The maximum absolute atomic E-state index is 13.4. The van der Waals surface area contributed by atoms with Crippen molar-refractivity contribution < 1.29 is 17.9 Å². The van der Waals surface area contributed by atoms with Crippen molar-refractivity contribution in [3.05, 3.63) is 54.1 Å². The number of ether oxygens (including phenoxy) is 1. The van der Waals surface area contributed by atoms with E-state index < -0.39 is 10.0 Å². The number of morpholine rings is 1. The van der Waals surface area contributed by atoms with E-state index in [4.69, 9.17) is 4.74 Å². The van der Waals surface area contributed by atoms with Crippen LogP contribution < -0.4 is 4.90 Å². The lowest BCUT2D eigenvalue weighted by Crippen LogP contribution is -2.48. The SMILES string of the molecule is C[C@H]1CN(S(=O)(=O)c2cccc(C(=O)N3CCCSc4ccccc43)c2)C[C@H](C)O1. The zero-order valence-corrected chi connectivity index (χ0v) is 18.8. The van der Waals surface area contributed by atoms with Gasteiger partial charge in [-0.3, -0.25) is 4.79 Å². The second kappa shape index (κ2) is 8.70. The van der Waals surface area contributed by atoms with Crippen molar-refractivity contribution in [2.45, 2.75) is 42.3 Å². The molecule has 4 rings (SSSR count). The highest BCUT2D eigenvalue weighted by atomic mass is 32.2. The van der Waals surface area contributed by atoms with Crippen LogP contribution in [0.3, 0.4) is 0 Å². The van der Waals surface area contributed by atoms with E-state index in [1.54, 1.807) is 34.9 Å². The Morgan fingerprint density at radius 2 is 1.80 bits per heavy atom. The van der Waals surface area contributed by atoms with E-state index >= 15 is 0 Å². The molecular weight excluding hydrogens is 420 g/mol. The molecule has 0 radical (unpaired) electrons. The van der Waals surface area contributed by atoms with Crippen LogP contribution in [0.5, 0.6) is 0 Å². The highest BCUT2D eigenvalue weighted by Crippen LogP contribution is 2.34. The zero-order chi connectivity index (χ0) is 21.3. The number of sulfonamides is 1. The van der Waals surface area contributed by atoms with Crippen molar-refractivity contribution in [2.24, 2.45) is 0 Å². The van der Waals surface area contributed by atoms with E-state index in [0.717, 1.165) is 22.8 Å². The van der Waals surface area contributed by atoms with Crippen molar-refractivity contribution >= 4 is 33.4 Å². The fourth-order valence-corrected chi connectivity index (χ4v) is 6.59. The van der Waals surface area contributed by atoms with Gasteiger partial charge in [-0.2, -0.15) is 4.31 Å². The first-order valence-electron chi connectivity index (χ1n) is 10.2. The molecule has 160 valence electrons. The number of para-hydroxylation sites is 1. The number of carbonyl (C=O) groups excluding carboxylic acids is 1. The minimum absolute atomic E-state index is 0.145. The molecule has 1 saturated heterocycles. The normalized spacial score (nSPS) is 22.9. The molecule has 6 nitrogen and oxygen atoms in total. The van der Waals surface area contributed by atoms with Gasteiger partial charge in [-0.25, -0.2) is 8.42 Å². The van der Waals surface area contributed by atoms with Crippen molar-refractivity contribution in [1.29, 1.82) is 0 Å². The second-order valence-corrected chi connectivity index (χ2v) is 10.8. The monoisotopic (exact) mass is 446 g/mol. The third kappa shape index (κ3) is 4.27. The molecule has 30 heavy (non-hydrogen) atoms. The predicted octanol–water partition coefficient (Wildman–Crippen LogP) is 3.63. The quantitative estimate of drug-likeness (QED) is 0.720. The summed E-state index contributed by atoms with van der Waals surface area (Å²) in [6.07, 6.45) is 0.547. The molecule has 2 aliphatic heterocycles. The van der Waals surface area contributed by atoms with Crippen molar-refractivity contribution in [1.82, 2.24) is 4.31 Å². The third-order valence-corrected chi connectivity index (χ3v) is 8.27. The molecule has 0 aliphatic carbocycles. The fraction of sp³-hybridized carbons (Fsp3) is 0.409. The summed E-state index contributed by atoms with van der Waals surface area (Å²) in [4.78, 5) is 16.3. The number of carbonyl (C=O) groups is 1. The minimum atomic E-state index is -3.70. The fourth-order valence-electron chi connectivity index (χ4n) is 3.96.